The highest BCUT2D eigenvalue weighted by atomic mass is 16.5. The molecule has 2 aromatic heterocycles. The quantitative estimate of drug-likeness (QED) is 0.425. The maximum absolute atomic E-state index is 13.1. The van der Waals surface area contributed by atoms with Crippen LogP contribution in [0.4, 0.5) is 0 Å². The fraction of sp³-hybridized carbons (Fsp3) is 0.179. The molecule has 9 heteroatoms. The fourth-order valence-corrected chi connectivity index (χ4v) is 4.93. The maximum atomic E-state index is 13.1. The van der Waals surface area contributed by atoms with Gasteiger partial charge in [0.05, 0.1) is 23.9 Å². The number of hydrogen-bond donors (Lipinski definition) is 1. The monoisotopic (exact) mass is 493 g/mol. The van der Waals surface area contributed by atoms with E-state index in [1.165, 1.54) is 0 Å². The van der Waals surface area contributed by atoms with Crippen LogP contribution in [0.2, 0.25) is 0 Å². The number of amides is 3. The number of rotatable bonds is 5. The summed E-state index contributed by atoms with van der Waals surface area (Å²) in [6.07, 6.45) is 5.68. The van der Waals surface area contributed by atoms with Gasteiger partial charge >= 0.3 is 0 Å². The summed E-state index contributed by atoms with van der Waals surface area (Å²) < 4.78 is 7.82. The minimum absolute atomic E-state index is 0.193. The Morgan fingerprint density at radius 3 is 2.57 bits per heavy atom. The van der Waals surface area contributed by atoms with Crippen molar-refractivity contribution in [1.82, 2.24) is 24.8 Å². The Kier molecular flexibility index (Phi) is 5.52. The molecule has 184 valence electrons. The van der Waals surface area contributed by atoms with Crippen molar-refractivity contribution in [3.05, 3.63) is 84.4 Å². The van der Waals surface area contributed by atoms with Gasteiger partial charge in [0.15, 0.2) is 0 Å². The van der Waals surface area contributed by atoms with Crippen LogP contribution in [0.1, 0.15) is 28.8 Å². The number of carbonyl (C=O) groups is 3. The van der Waals surface area contributed by atoms with Crippen LogP contribution in [-0.2, 0) is 23.2 Å². The number of aryl methyl sites for hydroxylation is 1. The highest BCUT2D eigenvalue weighted by Gasteiger charge is 2.39. The molecule has 1 unspecified atom stereocenters. The zero-order chi connectivity index (χ0) is 25.5. The van der Waals surface area contributed by atoms with Gasteiger partial charge in [0.25, 0.3) is 5.91 Å². The van der Waals surface area contributed by atoms with Gasteiger partial charge in [0, 0.05) is 42.9 Å². The number of carbonyl (C=O) groups excluding carboxylic acids is 3. The molecule has 4 aromatic rings. The summed E-state index contributed by atoms with van der Waals surface area (Å²) in [6, 6.07) is 16.4. The van der Waals surface area contributed by atoms with Crippen molar-refractivity contribution >= 4 is 17.7 Å². The molecule has 2 aromatic carbocycles. The van der Waals surface area contributed by atoms with Crippen molar-refractivity contribution in [1.29, 1.82) is 0 Å². The van der Waals surface area contributed by atoms with Gasteiger partial charge in [-0.3, -0.25) is 24.7 Å². The number of imidazole rings is 1. The van der Waals surface area contributed by atoms with Gasteiger partial charge in [-0.15, -0.1) is 0 Å². The molecule has 2 aliphatic rings. The van der Waals surface area contributed by atoms with Crippen LogP contribution in [0.5, 0.6) is 11.5 Å². The molecule has 0 radical (unpaired) electrons. The lowest BCUT2D eigenvalue weighted by atomic mass is 10.0. The average molecular weight is 494 g/mol. The Balaban J connectivity index is 1.27. The third-order valence-corrected chi connectivity index (χ3v) is 6.73. The number of nitrogens with zero attached hydrogens (tertiary/aromatic N) is 4. The Bertz CT molecular complexity index is 1530. The number of pyridine rings is 1. The van der Waals surface area contributed by atoms with E-state index in [0.717, 1.165) is 28.1 Å². The third-order valence-electron chi connectivity index (χ3n) is 6.73. The van der Waals surface area contributed by atoms with E-state index >= 15 is 0 Å². The molecule has 37 heavy (non-hydrogen) atoms. The first kappa shape index (κ1) is 22.7. The Hall–Kier alpha value is -4.79. The molecule has 1 atom stereocenters. The van der Waals surface area contributed by atoms with E-state index < -0.39 is 11.9 Å². The van der Waals surface area contributed by atoms with E-state index in [9.17, 15) is 14.4 Å². The minimum atomic E-state index is -0.640. The van der Waals surface area contributed by atoms with Crippen LogP contribution in [0.15, 0.2) is 73.3 Å². The number of fused-ring (bicyclic) bond motifs is 1. The number of nitrogens with one attached hydrogen (secondary N) is 1. The first-order valence-electron chi connectivity index (χ1n) is 12.0. The van der Waals surface area contributed by atoms with Crippen molar-refractivity contribution < 1.29 is 19.1 Å². The van der Waals surface area contributed by atoms with E-state index in [-0.39, 0.29) is 18.2 Å². The normalized spacial score (nSPS) is 17.1. The summed E-state index contributed by atoms with van der Waals surface area (Å²) in [4.78, 5) is 47.2. The maximum Gasteiger partial charge on any atom is 0.255 e. The topological polar surface area (TPSA) is 106 Å². The standard InChI is InChI=1S/C28H23N5O4/c1-32-16-30-25(26(32)17-4-7-20(8-5-17)37-21-3-2-12-29-14-21)18-6-9-22-19(13-18)15-33(28(22)36)23-10-11-24(34)31-27(23)35/h2-9,12-14,16,23H,10-11,15H2,1H3,(H,31,34,35). The van der Waals surface area contributed by atoms with Gasteiger partial charge in [-0.25, -0.2) is 4.98 Å². The highest BCUT2D eigenvalue weighted by molar-refractivity contribution is 6.05. The molecular formula is C28H23N5O4. The van der Waals surface area contributed by atoms with Crippen LogP contribution in [0.3, 0.4) is 0 Å². The zero-order valence-electron chi connectivity index (χ0n) is 20.0. The van der Waals surface area contributed by atoms with Crippen LogP contribution in [-0.4, -0.2) is 43.2 Å². The zero-order valence-corrected chi connectivity index (χ0v) is 20.0. The first-order valence-corrected chi connectivity index (χ1v) is 12.0. The largest absolute Gasteiger partial charge is 0.456 e. The molecule has 2 aliphatic heterocycles. The molecule has 0 bridgehead atoms. The molecular weight excluding hydrogens is 470 g/mol. The van der Waals surface area contributed by atoms with Crippen LogP contribution >= 0.6 is 0 Å². The molecule has 0 spiro atoms. The number of benzene rings is 2. The van der Waals surface area contributed by atoms with Crippen LogP contribution in [0.25, 0.3) is 22.5 Å². The second-order valence-corrected chi connectivity index (χ2v) is 9.14. The number of hydrogen-bond acceptors (Lipinski definition) is 6. The molecule has 1 fully saturated rings. The highest BCUT2D eigenvalue weighted by Crippen LogP contribution is 2.35. The predicted octanol–water partition coefficient (Wildman–Crippen LogP) is 3.70. The van der Waals surface area contributed by atoms with Gasteiger partial charge in [-0.05, 0) is 60.5 Å². The summed E-state index contributed by atoms with van der Waals surface area (Å²) in [7, 11) is 1.94. The lowest BCUT2D eigenvalue weighted by molar-refractivity contribution is -0.136. The lowest BCUT2D eigenvalue weighted by Gasteiger charge is -2.29. The van der Waals surface area contributed by atoms with E-state index in [2.05, 4.69) is 15.3 Å². The molecule has 1 saturated heterocycles. The Morgan fingerprint density at radius 2 is 1.81 bits per heavy atom. The minimum Gasteiger partial charge on any atom is -0.456 e. The Labute approximate surface area is 212 Å². The summed E-state index contributed by atoms with van der Waals surface area (Å²) in [6.45, 7) is 0.316. The first-order chi connectivity index (χ1) is 18.0. The third kappa shape index (κ3) is 4.14. The van der Waals surface area contributed by atoms with Crippen molar-refractivity contribution in [2.45, 2.75) is 25.4 Å². The molecule has 3 amide bonds. The van der Waals surface area contributed by atoms with Crippen molar-refractivity contribution in [2.75, 3.05) is 0 Å². The second kappa shape index (κ2) is 9.02. The van der Waals surface area contributed by atoms with Gasteiger partial charge < -0.3 is 14.2 Å². The SMILES string of the molecule is Cn1cnc(-c2ccc3c(c2)CN(C2CCC(=O)NC2=O)C3=O)c1-c1ccc(Oc2cccnc2)cc1. The van der Waals surface area contributed by atoms with Crippen molar-refractivity contribution in [2.24, 2.45) is 7.05 Å². The summed E-state index contributed by atoms with van der Waals surface area (Å²) in [5, 5.41) is 2.34. The molecule has 0 aliphatic carbocycles. The molecule has 1 N–H and O–H groups in total. The number of aromatic nitrogens is 3. The Morgan fingerprint density at radius 1 is 1.00 bits per heavy atom. The lowest BCUT2D eigenvalue weighted by Crippen LogP contribution is -2.52. The number of ether oxygens (including phenoxy) is 1. The summed E-state index contributed by atoms with van der Waals surface area (Å²) in [5.74, 6) is 0.453. The molecule has 0 saturated carbocycles. The van der Waals surface area contributed by atoms with E-state index in [1.807, 2.05) is 60.1 Å². The van der Waals surface area contributed by atoms with Gasteiger partial charge in [-0.1, -0.05) is 6.07 Å². The smallest absolute Gasteiger partial charge is 0.255 e. The van der Waals surface area contributed by atoms with E-state index in [1.54, 1.807) is 29.7 Å². The predicted molar refractivity (Wildman–Crippen MR) is 134 cm³/mol. The van der Waals surface area contributed by atoms with E-state index in [4.69, 9.17) is 4.74 Å². The van der Waals surface area contributed by atoms with E-state index in [0.29, 0.717) is 30.0 Å². The number of piperidine rings is 1. The van der Waals surface area contributed by atoms with Gasteiger partial charge in [0.1, 0.15) is 17.5 Å². The molecule has 6 rings (SSSR count). The van der Waals surface area contributed by atoms with Crippen molar-refractivity contribution in [3.63, 3.8) is 0 Å². The molecule has 9 nitrogen and oxygen atoms in total. The second-order valence-electron chi connectivity index (χ2n) is 9.14. The van der Waals surface area contributed by atoms with Crippen LogP contribution < -0.4 is 10.1 Å². The van der Waals surface area contributed by atoms with Gasteiger partial charge in [0.2, 0.25) is 11.8 Å². The van der Waals surface area contributed by atoms with Gasteiger partial charge in [-0.2, -0.15) is 0 Å². The molecule has 4 heterocycles. The summed E-state index contributed by atoms with van der Waals surface area (Å²) in [5.41, 5.74) is 4.97. The van der Waals surface area contributed by atoms with Crippen molar-refractivity contribution in [3.8, 4) is 34.0 Å². The number of imide groups is 1. The summed E-state index contributed by atoms with van der Waals surface area (Å²) >= 11 is 0. The van der Waals surface area contributed by atoms with Crippen LogP contribution in [0, 0.1) is 0 Å². The average Bonchev–Trinajstić information content (AvgIpc) is 3.44. The fourth-order valence-electron chi connectivity index (χ4n) is 4.93.